The predicted molar refractivity (Wildman–Crippen MR) is 47.1 cm³/mol. The fraction of sp³-hybridized carbons (Fsp3) is 0.250. The van der Waals surface area contributed by atoms with Gasteiger partial charge in [-0.2, -0.15) is 0 Å². The average molecular weight is 176 g/mol. The maximum absolute atomic E-state index is 10.8. The van der Waals surface area contributed by atoms with Gasteiger partial charge < -0.3 is 0 Å². The van der Waals surface area contributed by atoms with Crippen LogP contribution in [0.1, 0.15) is 23.0 Å². The van der Waals surface area contributed by atoms with Gasteiger partial charge in [-0.05, 0) is 24.6 Å². The van der Waals surface area contributed by atoms with E-state index in [1.807, 2.05) is 0 Å². The van der Waals surface area contributed by atoms with Gasteiger partial charge in [-0.15, -0.1) is 0 Å². The first kappa shape index (κ1) is 9.22. The molecule has 1 aromatic rings. The van der Waals surface area contributed by atoms with Gasteiger partial charge in [0.1, 0.15) is 0 Å². The molecule has 1 aromatic heterocycles. The Morgan fingerprint density at radius 1 is 1.69 bits per heavy atom. The Morgan fingerprint density at radius 2 is 2.46 bits per heavy atom. The van der Waals surface area contributed by atoms with Gasteiger partial charge in [-0.3, -0.25) is 9.78 Å². The van der Waals surface area contributed by atoms with Crippen molar-refractivity contribution in [2.45, 2.75) is 13.5 Å². The molecule has 0 aliphatic rings. The zero-order chi connectivity index (χ0) is 9.68. The third kappa shape index (κ3) is 2.57. The number of azide groups is 1. The lowest BCUT2D eigenvalue weighted by atomic mass is 10.2. The molecule has 1 rings (SSSR count). The van der Waals surface area contributed by atoms with E-state index in [1.165, 1.54) is 13.1 Å². The Hall–Kier alpha value is -1.87. The normalized spacial score (nSPS) is 9.00. The number of pyridine rings is 1. The maximum Gasteiger partial charge on any atom is 0.161 e. The SMILES string of the molecule is CC(=O)c1ccc(CN=[N+]=[N-])nc1. The number of carbonyl (C=O) groups is 1. The van der Waals surface area contributed by atoms with E-state index in [-0.39, 0.29) is 12.3 Å². The lowest BCUT2D eigenvalue weighted by Crippen LogP contribution is -1.94. The molecule has 0 N–H and O–H groups in total. The molecule has 0 fully saturated rings. The highest BCUT2D eigenvalue weighted by molar-refractivity contribution is 5.93. The summed E-state index contributed by atoms with van der Waals surface area (Å²) in [6, 6.07) is 3.34. The molecule has 0 spiro atoms. The van der Waals surface area contributed by atoms with Gasteiger partial charge >= 0.3 is 0 Å². The summed E-state index contributed by atoms with van der Waals surface area (Å²) in [6.07, 6.45) is 1.48. The number of nitrogens with zero attached hydrogens (tertiary/aromatic N) is 4. The van der Waals surface area contributed by atoms with Crippen molar-refractivity contribution < 1.29 is 4.79 Å². The Morgan fingerprint density at radius 3 is 2.92 bits per heavy atom. The minimum atomic E-state index is -0.0252. The van der Waals surface area contributed by atoms with Crippen LogP contribution in [0.3, 0.4) is 0 Å². The van der Waals surface area contributed by atoms with Gasteiger partial charge in [0.2, 0.25) is 0 Å². The Balaban J connectivity index is 2.80. The van der Waals surface area contributed by atoms with Crippen molar-refractivity contribution in [1.29, 1.82) is 0 Å². The van der Waals surface area contributed by atoms with Crippen LogP contribution in [-0.4, -0.2) is 10.8 Å². The lowest BCUT2D eigenvalue weighted by molar-refractivity contribution is 0.101. The van der Waals surface area contributed by atoms with Crippen LogP contribution in [-0.2, 0) is 6.54 Å². The van der Waals surface area contributed by atoms with Crippen molar-refractivity contribution >= 4 is 5.78 Å². The fourth-order valence-electron chi connectivity index (χ4n) is 0.830. The standard InChI is InChI=1S/C8H8N4O/c1-6(13)7-2-3-8(10-4-7)5-11-12-9/h2-4H,5H2,1H3. The van der Waals surface area contributed by atoms with Crippen LogP contribution in [0.25, 0.3) is 10.4 Å². The monoisotopic (exact) mass is 176 g/mol. The van der Waals surface area contributed by atoms with Crippen LogP contribution in [0.5, 0.6) is 0 Å². The van der Waals surface area contributed by atoms with Gasteiger partial charge in [-0.25, -0.2) is 0 Å². The minimum absolute atomic E-state index is 0.0252. The van der Waals surface area contributed by atoms with Gasteiger partial charge in [-0.1, -0.05) is 5.11 Å². The van der Waals surface area contributed by atoms with Crippen molar-refractivity contribution in [3.63, 3.8) is 0 Å². The number of ketones is 1. The van der Waals surface area contributed by atoms with E-state index >= 15 is 0 Å². The third-order valence-electron chi connectivity index (χ3n) is 1.53. The molecule has 0 bridgehead atoms. The molecule has 0 aliphatic heterocycles. The molecule has 66 valence electrons. The molecular weight excluding hydrogens is 168 g/mol. The molecule has 0 radical (unpaired) electrons. The van der Waals surface area contributed by atoms with Gasteiger partial charge in [0.15, 0.2) is 5.78 Å². The number of hydrogen-bond acceptors (Lipinski definition) is 3. The van der Waals surface area contributed by atoms with E-state index in [4.69, 9.17) is 5.53 Å². The first-order valence-corrected chi connectivity index (χ1v) is 3.71. The van der Waals surface area contributed by atoms with Crippen molar-refractivity contribution in [3.05, 3.63) is 40.0 Å². The fourth-order valence-corrected chi connectivity index (χ4v) is 0.830. The number of aromatic nitrogens is 1. The summed E-state index contributed by atoms with van der Waals surface area (Å²) in [5.41, 5.74) is 9.26. The molecular formula is C8H8N4O. The molecule has 1 heterocycles. The molecule has 0 saturated heterocycles. The second-order valence-electron chi connectivity index (χ2n) is 2.48. The van der Waals surface area contributed by atoms with E-state index in [9.17, 15) is 4.79 Å². The molecule has 0 aromatic carbocycles. The topological polar surface area (TPSA) is 78.7 Å². The highest BCUT2D eigenvalue weighted by atomic mass is 16.1. The number of Topliss-reactive ketones (excluding diaryl/α,β-unsaturated/α-hetero) is 1. The molecule has 5 nitrogen and oxygen atoms in total. The first-order valence-electron chi connectivity index (χ1n) is 3.71. The zero-order valence-corrected chi connectivity index (χ0v) is 7.14. The number of carbonyl (C=O) groups excluding carboxylic acids is 1. The molecule has 0 saturated carbocycles. The Bertz CT molecular complexity index is 351. The summed E-state index contributed by atoms with van der Waals surface area (Å²) in [7, 11) is 0. The van der Waals surface area contributed by atoms with Crippen molar-refractivity contribution in [1.82, 2.24) is 4.98 Å². The summed E-state index contributed by atoms with van der Waals surface area (Å²) in [5.74, 6) is -0.0252. The van der Waals surface area contributed by atoms with Crippen molar-refractivity contribution in [2.75, 3.05) is 0 Å². The van der Waals surface area contributed by atoms with E-state index in [0.29, 0.717) is 11.3 Å². The van der Waals surface area contributed by atoms with Crippen LogP contribution in [0.4, 0.5) is 0 Å². The van der Waals surface area contributed by atoms with E-state index in [2.05, 4.69) is 15.0 Å². The highest BCUT2D eigenvalue weighted by Gasteiger charge is 1.98. The zero-order valence-electron chi connectivity index (χ0n) is 7.14. The van der Waals surface area contributed by atoms with Gasteiger partial charge in [0, 0.05) is 22.4 Å². The lowest BCUT2D eigenvalue weighted by Gasteiger charge is -1.96. The second kappa shape index (κ2) is 4.23. The molecule has 0 atom stereocenters. The Labute approximate surface area is 75.0 Å². The second-order valence-corrected chi connectivity index (χ2v) is 2.48. The summed E-state index contributed by atoms with van der Waals surface area (Å²) in [5, 5.41) is 3.35. The predicted octanol–water partition coefficient (Wildman–Crippen LogP) is 2.09. The van der Waals surface area contributed by atoms with Crippen LogP contribution in [0, 0.1) is 0 Å². The van der Waals surface area contributed by atoms with E-state index < -0.39 is 0 Å². The summed E-state index contributed by atoms with van der Waals surface area (Å²) in [6.45, 7) is 1.69. The highest BCUT2D eigenvalue weighted by Crippen LogP contribution is 2.02. The summed E-state index contributed by atoms with van der Waals surface area (Å²) in [4.78, 5) is 17.4. The minimum Gasteiger partial charge on any atom is -0.294 e. The summed E-state index contributed by atoms with van der Waals surface area (Å²) >= 11 is 0. The average Bonchev–Trinajstić information content (AvgIpc) is 2.15. The third-order valence-corrected chi connectivity index (χ3v) is 1.53. The van der Waals surface area contributed by atoms with Gasteiger partial charge in [0.25, 0.3) is 0 Å². The molecule has 13 heavy (non-hydrogen) atoms. The van der Waals surface area contributed by atoms with Crippen LogP contribution >= 0.6 is 0 Å². The van der Waals surface area contributed by atoms with Crippen LogP contribution < -0.4 is 0 Å². The van der Waals surface area contributed by atoms with Crippen LogP contribution in [0.15, 0.2) is 23.4 Å². The molecule has 5 heteroatoms. The first-order chi connectivity index (χ1) is 6.24. The smallest absolute Gasteiger partial charge is 0.161 e. The quantitative estimate of drug-likeness (QED) is 0.306. The Kier molecular flexibility index (Phi) is 3.00. The molecule has 0 amide bonds. The molecule has 0 unspecified atom stereocenters. The van der Waals surface area contributed by atoms with E-state index in [0.717, 1.165) is 0 Å². The molecule has 0 aliphatic carbocycles. The van der Waals surface area contributed by atoms with Crippen molar-refractivity contribution in [3.8, 4) is 0 Å². The van der Waals surface area contributed by atoms with E-state index in [1.54, 1.807) is 12.1 Å². The number of hydrogen-bond donors (Lipinski definition) is 0. The number of rotatable bonds is 3. The summed E-state index contributed by atoms with van der Waals surface area (Å²) < 4.78 is 0. The van der Waals surface area contributed by atoms with Crippen molar-refractivity contribution in [2.24, 2.45) is 5.11 Å². The van der Waals surface area contributed by atoms with Gasteiger partial charge in [0.05, 0.1) is 6.54 Å². The maximum atomic E-state index is 10.8. The largest absolute Gasteiger partial charge is 0.294 e. The van der Waals surface area contributed by atoms with Crippen LogP contribution in [0.2, 0.25) is 0 Å².